The third-order valence-electron chi connectivity index (χ3n) is 3.12. The van der Waals surface area contributed by atoms with Gasteiger partial charge in [-0.1, -0.05) is 13.8 Å². The summed E-state index contributed by atoms with van der Waals surface area (Å²) in [6.07, 6.45) is -0.587. The highest BCUT2D eigenvalue weighted by atomic mass is 79.9. The van der Waals surface area contributed by atoms with Crippen LogP contribution >= 0.6 is 15.9 Å². The minimum absolute atomic E-state index is 0.251. The van der Waals surface area contributed by atoms with Crippen LogP contribution in [0, 0.1) is 19.8 Å². The van der Waals surface area contributed by atoms with Crippen molar-refractivity contribution in [2.45, 2.75) is 40.7 Å². The van der Waals surface area contributed by atoms with Crippen molar-refractivity contribution in [1.29, 1.82) is 0 Å². The number of hydrogen-bond acceptors (Lipinski definition) is 3. The van der Waals surface area contributed by atoms with Gasteiger partial charge in [-0.3, -0.25) is 4.79 Å². The molecule has 0 unspecified atom stereocenters. The molecular weight excluding hydrogens is 348 g/mol. The molecule has 1 aromatic carbocycles. The molecule has 122 valence electrons. The average molecular weight is 371 g/mol. The lowest BCUT2D eigenvalue weighted by Crippen LogP contribution is -2.42. The zero-order chi connectivity index (χ0) is 16.9. The van der Waals surface area contributed by atoms with Crippen molar-refractivity contribution >= 4 is 33.6 Å². The first kappa shape index (κ1) is 18.5. The zero-order valence-corrected chi connectivity index (χ0v) is 15.2. The second-order valence-electron chi connectivity index (χ2n) is 5.76. The second kappa shape index (κ2) is 8.17. The number of hydrogen-bond donors (Lipinski definition) is 2. The molecule has 2 amide bonds. The van der Waals surface area contributed by atoms with E-state index >= 15 is 0 Å². The van der Waals surface area contributed by atoms with E-state index in [0.29, 0.717) is 12.3 Å². The lowest BCUT2D eigenvalue weighted by molar-refractivity contribution is -0.117. The van der Waals surface area contributed by atoms with Gasteiger partial charge in [0, 0.05) is 4.47 Å². The molecule has 5 nitrogen and oxygen atoms in total. The van der Waals surface area contributed by atoms with Gasteiger partial charge in [-0.15, -0.1) is 0 Å². The number of carbonyl (C=O) groups excluding carboxylic acids is 2. The molecule has 0 radical (unpaired) electrons. The summed E-state index contributed by atoms with van der Waals surface area (Å²) in [4.78, 5) is 23.7. The summed E-state index contributed by atoms with van der Waals surface area (Å²) in [5.74, 6) is -0.0492. The van der Waals surface area contributed by atoms with Gasteiger partial charge in [0.2, 0.25) is 5.91 Å². The Bertz CT molecular complexity index is 559. The molecule has 22 heavy (non-hydrogen) atoms. The standard InChI is InChI=1S/C16H23BrN2O3/c1-9(2)8-22-16(21)18-12(5)15(20)19-14-7-11(4)10(3)6-13(14)17/h6-7,9,12H,8H2,1-5H3,(H,18,21)(H,19,20)/t12-/m0/s1. The molecule has 0 saturated carbocycles. The van der Waals surface area contributed by atoms with Gasteiger partial charge >= 0.3 is 6.09 Å². The molecule has 1 aromatic rings. The largest absolute Gasteiger partial charge is 0.449 e. The van der Waals surface area contributed by atoms with Gasteiger partial charge in [-0.25, -0.2) is 4.79 Å². The molecule has 0 aliphatic heterocycles. The summed E-state index contributed by atoms with van der Waals surface area (Å²) in [5.41, 5.74) is 2.89. The van der Waals surface area contributed by atoms with Gasteiger partial charge in [-0.2, -0.15) is 0 Å². The highest BCUT2D eigenvalue weighted by Gasteiger charge is 2.17. The fraction of sp³-hybridized carbons (Fsp3) is 0.500. The van der Waals surface area contributed by atoms with Crippen molar-refractivity contribution in [3.63, 3.8) is 0 Å². The van der Waals surface area contributed by atoms with E-state index in [1.54, 1.807) is 6.92 Å². The molecule has 0 saturated heterocycles. The Kier molecular flexibility index (Phi) is 6.87. The van der Waals surface area contributed by atoms with Crippen LogP contribution < -0.4 is 10.6 Å². The third-order valence-corrected chi connectivity index (χ3v) is 3.77. The monoisotopic (exact) mass is 370 g/mol. The Morgan fingerprint density at radius 2 is 1.77 bits per heavy atom. The van der Waals surface area contributed by atoms with Crippen LogP contribution in [0.4, 0.5) is 10.5 Å². The molecule has 0 fully saturated rings. The molecule has 0 aliphatic rings. The van der Waals surface area contributed by atoms with Gasteiger partial charge in [0.15, 0.2) is 0 Å². The number of amides is 2. The summed E-state index contributed by atoms with van der Waals surface area (Å²) < 4.78 is 5.80. The first-order chi connectivity index (χ1) is 10.2. The lowest BCUT2D eigenvalue weighted by Gasteiger charge is -2.16. The van der Waals surface area contributed by atoms with E-state index in [4.69, 9.17) is 4.74 Å². The number of alkyl carbamates (subject to hydrolysis) is 1. The molecule has 0 spiro atoms. The van der Waals surface area contributed by atoms with Crippen LogP contribution in [0.15, 0.2) is 16.6 Å². The van der Waals surface area contributed by atoms with Crippen LogP contribution in [-0.2, 0) is 9.53 Å². The topological polar surface area (TPSA) is 67.4 Å². The number of aryl methyl sites for hydroxylation is 2. The van der Waals surface area contributed by atoms with Gasteiger partial charge in [-0.05, 0) is 65.9 Å². The van der Waals surface area contributed by atoms with E-state index in [1.165, 1.54) is 0 Å². The lowest BCUT2D eigenvalue weighted by atomic mass is 10.1. The highest BCUT2D eigenvalue weighted by Crippen LogP contribution is 2.26. The van der Waals surface area contributed by atoms with Crippen molar-refractivity contribution < 1.29 is 14.3 Å². The Hall–Kier alpha value is -1.56. The minimum Gasteiger partial charge on any atom is -0.449 e. The summed E-state index contributed by atoms with van der Waals surface area (Å²) in [6.45, 7) is 9.80. The number of carbonyl (C=O) groups is 2. The van der Waals surface area contributed by atoms with Gasteiger partial charge in [0.1, 0.15) is 6.04 Å². The molecule has 1 atom stereocenters. The highest BCUT2D eigenvalue weighted by molar-refractivity contribution is 9.10. The normalized spacial score (nSPS) is 12.0. The molecule has 1 rings (SSSR count). The van der Waals surface area contributed by atoms with Gasteiger partial charge < -0.3 is 15.4 Å². The Morgan fingerprint density at radius 3 is 2.36 bits per heavy atom. The molecule has 0 bridgehead atoms. The van der Waals surface area contributed by atoms with E-state index < -0.39 is 12.1 Å². The van der Waals surface area contributed by atoms with Gasteiger partial charge in [0.25, 0.3) is 0 Å². The molecule has 0 aromatic heterocycles. The summed E-state index contributed by atoms with van der Waals surface area (Å²) >= 11 is 3.42. The first-order valence-electron chi connectivity index (χ1n) is 7.21. The number of ether oxygens (including phenoxy) is 1. The first-order valence-corrected chi connectivity index (χ1v) is 8.01. The van der Waals surface area contributed by atoms with E-state index in [0.717, 1.165) is 15.6 Å². The number of nitrogens with one attached hydrogen (secondary N) is 2. The molecule has 0 aliphatic carbocycles. The molecule has 2 N–H and O–H groups in total. The molecular formula is C16H23BrN2O3. The van der Waals surface area contributed by atoms with Crippen LogP contribution in [0.5, 0.6) is 0 Å². The smallest absolute Gasteiger partial charge is 0.407 e. The van der Waals surface area contributed by atoms with E-state index in [-0.39, 0.29) is 11.8 Å². The van der Waals surface area contributed by atoms with Crippen LogP contribution in [0.25, 0.3) is 0 Å². The summed E-state index contributed by atoms with van der Waals surface area (Å²) in [5, 5.41) is 5.30. The fourth-order valence-corrected chi connectivity index (χ4v) is 2.20. The van der Waals surface area contributed by atoms with Crippen LogP contribution in [0.1, 0.15) is 31.9 Å². The second-order valence-corrected chi connectivity index (χ2v) is 6.62. The maximum absolute atomic E-state index is 12.1. The van der Waals surface area contributed by atoms with Crippen molar-refractivity contribution in [3.8, 4) is 0 Å². The van der Waals surface area contributed by atoms with Crippen molar-refractivity contribution in [1.82, 2.24) is 5.32 Å². The minimum atomic E-state index is -0.687. The number of halogens is 1. The predicted molar refractivity (Wildman–Crippen MR) is 91.0 cm³/mol. The van der Waals surface area contributed by atoms with Crippen LogP contribution in [0.3, 0.4) is 0 Å². The number of benzene rings is 1. The molecule has 0 heterocycles. The Balaban J connectivity index is 2.61. The summed E-state index contributed by atoms with van der Waals surface area (Å²) in [6, 6.07) is 3.15. The molecule has 6 heteroatoms. The van der Waals surface area contributed by atoms with E-state index in [2.05, 4.69) is 26.6 Å². The average Bonchev–Trinajstić information content (AvgIpc) is 2.42. The maximum Gasteiger partial charge on any atom is 0.407 e. The number of rotatable bonds is 5. The quantitative estimate of drug-likeness (QED) is 0.828. The maximum atomic E-state index is 12.1. The Morgan fingerprint density at radius 1 is 1.18 bits per heavy atom. The SMILES string of the molecule is Cc1cc(Br)c(NC(=O)[C@H](C)NC(=O)OCC(C)C)cc1C. The van der Waals surface area contributed by atoms with Crippen LogP contribution in [0.2, 0.25) is 0 Å². The van der Waals surface area contributed by atoms with Crippen LogP contribution in [-0.4, -0.2) is 24.6 Å². The Labute approximate surface area is 139 Å². The summed E-state index contributed by atoms with van der Waals surface area (Å²) in [7, 11) is 0. The van der Waals surface area contributed by atoms with E-state index in [1.807, 2.05) is 39.8 Å². The van der Waals surface area contributed by atoms with Crippen molar-refractivity contribution in [2.75, 3.05) is 11.9 Å². The number of anilines is 1. The van der Waals surface area contributed by atoms with Crippen molar-refractivity contribution in [3.05, 3.63) is 27.7 Å². The third kappa shape index (κ3) is 5.67. The van der Waals surface area contributed by atoms with Crippen molar-refractivity contribution in [2.24, 2.45) is 5.92 Å². The van der Waals surface area contributed by atoms with E-state index in [9.17, 15) is 9.59 Å². The predicted octanol–water partition coefficient (Wildman–Crippen LogP) is 3.78. The van der Waals surface area contributed by atoms with Gasteiger partial charge in [0.05, 0.1) is 12.3 Å². The fourth-order valence-electron chi connectivity index (χ4n) is 1.64. The zero-order valence-electron chi connectivity index (χ0n) is 13.6.